The highest BCUT2D eigenvalue weighted by Gasteiger charge is 2.63. The fourth-order valence-corrected chi connectivity index (χ4v) is 5.95. The minimum atomic E-state index is -2.26. The van der Waals surface area contributed by atoms with Crippen molar-refractivity contribution in [2.24, 2.45) is 5.92 Å². The van der Waals surface area contributed by atoms with E-state index in [4.69, 9.17) is 0 Å². The number of phenols is 3. The van der Waals surface area contributed by atoms with Gasteiger partial charge in [0.25, 0.3) is 0 Å². The van der Waals surface area contributed by atoms with Gasteiger partial charge in [0.05, 0.1) is 41.4 Å². The van der Waals surface area contributed by atoms with E-state index < -0.39 is 64.7 Å². The van der Waals surface area contributed by atoms with Crippen LogP contribution in [-0.2, 0) is 23.6 Å². The lowest BCUT2D eigenvalue weighted by Gasteiger charge is -2.49. The number of aliphatic hydroxyl groups excluding tert-OH is 2. The Hall–Kier alpha value is -2.76. The predicted molar refractivity (Wildman–Crippen MR) is 113 cm³/mol. The highest BCUT2D eigenvalue weighted by atomic mass is 16.3. The highest BCUT2D eigenvalue weighted by Crippen LogP contribution is 2.56. The molecule has 33 heavy (non-hydrogen) atoms. The number of phenolic OH excluding ortho intramolecular Hbond substituents is 1. The van der Waals surface area contributed by atoms with E-state index in [1.54, 1.807) is 7.05 Å². The van der Waals surface area contributed by atoms with E-state index in [1.165, 1.54) is 0 Å². The Kier molecular flexibility index (Phi) is 4.59. The summed E-state index contributed by atoms with van der Waals surface area (Å²) in [4.78, 5) is 28.4. The number of rotatable bonds is 3. The molecule has 5 unspecified atom stereocenters. The molecular weight excluding hydrogens is 434 g/mol. The van der Waals surface area contributed by atoms with Crippen molar-refractivity contribution in [3.05, 3.63) is 28.3 Å². The van der Waals surface area contributed by atoms with Crippen LogP contribution < -0.4 is 0 Å². The molecule has 0 aromatic heterocycles. The zero-order chi connectivity index (χ0) is 24.0. The lowest BCUT2D eigenvalue weighted by molar-refractivity contribution is -0.167. The summed E-state index contributed by atoms with van der Waals surface area (Å²) in [6.07, 6.45) is -0.727. The molecule has 1 saturated heterocycles. The Labute approximate surface area is 187 Å². The Bertz CT molecular complexity index is 1240. The highest BCUT2D eigenvalue weighted by molar-refractivity contribution is 6.13. The molecule has 10 heteroatoms. The second kappa shape index (κ2) is 6.87. The minimum absolute atomic E-state index is 0.0287. The van der Waals surface area contributed by atoms with E-state index in [0.717, 1.165) is 6.07 Å². The molecule has 2 fully saturated rings. The Balaban J connectivity index is 1.80. The molecule has 0 amide bonds. The first-order valence-electron chi connectivity index (χ1n) is 10.7. The summed E-state index contributed by atoms with van der Waals surface area (Å²) >= 11 is 0. The number of nitrogens with zero attached hydrogens (tertiary/aromatic N) is 1. The molecule has 10 nitrogen and oxygen atoms in total. The molecule has 1 aliphatic heterocycles. The van der Waals surface area contributed by atoms with Crippen molar-refractivity contribution < 1.29 is 45.3 Å². The minimum Gasteiger partial charge on any atom is -0.507 e. The first-order valence-corrected chi connectivity index (χ1v) is 10.7. The topological polar surface area (TPSA) is 179 Å². The number of carbonyl (C=O) groups is 2. The molecule has 2 aromatic carbocycles. The van der Waals surface area contributed by atoms with Crippen molar-refractivity contribution in [1.29, 1.82) is 0 Å². The number of hydrogen-bond donors (Lipinski definition) is 7. The fraction of sp³-hybridized carbons (Fsp3) is 0.478. The van der Waals surface area contributed by atoms with Crippen LogP contribution >= 0.6 is 0 Å². The van der Waals surface area contributed by atoms with Crippen LogP contribution in [0.1, 0.15) is 46.3 Å². The average Bonchev–Trinajstić information content (AvgIpc) is 3.48. The van der Waals surface area contributed by atoms with Gasteiger partial charge < -0.3 is 35.7 Å². The van der Waals surface area contributed by atoms with Crippen molar-refractivity contribution in [2.45, 2.75) is 49.7 Å². The molecule has 7 N–H and O–H groups in total. The zero-order valence-electron chi connectivity index (χ0n) is 17.9. The van der Waals surface area contributed by atoms with Gasteiger partial charge in [-0.25, -0.2) is 0 Å². The largest absolute Gasteiger partial charge is 0.507 e. The van der Waals surface area contributed by atoms with Gasteiger partial charge in [0.2, 0.25) is 0 Å². The van der Waals surface area contributed by atoms with E-state index in [-0.39, 0.29) is 52.8 Å². The molecule has 1 saturated carbocycles. The number of ketones is 2. The number of Topliss-reactive ketones (excluding diaryl/α,β-unsaturated/α-hetero) is 2. The Morgan fingerprint density at radius 2 is 1.70 bits per heavy atom. The second-order valence-corrected chi connectivity index (χ2v) is 9.49. The van der Waals surface area contributed by atoms with Crippen molar-refractivity contribution in [3.63, 3.8) is 0 Å². The molecule has 5 atom stereocenters. The number of carbonyl (C=O) groups excluding carboxylic acids is 2. The Morgan fingerprint density at radius 3 is 2.27 bits per heavy atom. The van der Waals surface area contributed by atoms with Crippen LogP contribution in [0.2, 0.25) is 0 Å². The van der Waals surface area contributed by atoms with Crippen LogP contribution in [0, 0.1) is 5.92 Å². The summed E-state index contributed by atoms with van der Waals surface area (Å²) in [6.45, 7) is -0.953. The molecule has 0 radical (unpaired) electrons. The Morgan fingerprint density at radius 1 is 1.06 bits per heavy atom. The summed E-state index contributed by atoms with van der Waals surface area (Å²) in [5, 5.41) is 74.1. The summed E-state index contributed by atoms with van der Waals surface area (Å²) < 4.78 is 0. The van der Waals surface area contributed by atoms with Gasteiger partial charge in [0.15, 0.2) is 17.2 Å². The van der Waals surface area contributed by atoms with Gasteiger partial charge in [-0.1, -0.05) is 0 Å². The molecule has 3 aliphatic rings. The fourth-order valence-electron chi connectivity index (χ4n) is 5.95. The number of hydrogen-bond acceptors (Lipinski definition) is 10. The third-order valence-corrected chi connectivity index (χ3v) is 7.70. The number of fused-ring (bicyclic) bond motifs is 4. The first kappa shape index (κ1) is 22.1. The summed E-state index contributed by atoms with van der Waals surface area (Å²) in [7, 11) is 1.79. The molecule has 0 bridgehead atoms. The lowest BCUT2D eigenvalue weighted by atomic mass is 9.58. The third-order valence-electron chi connectivity index (χ3n) is 7.70. The third kappa shape index (κ3) is 2.72. The van der Waals surface area contributed by atoms with Gasteiger partial charge in [0.1, 0.15) is 17.2 Å². The monoisotopic (exact) mass is 459 g/mol. The normalized spacial score (nSPS) is 33.2. The van der Waals surface area contributed by atoms with E-state index in [9.17, 15) is 45.3 Å². The molecule has 5 rings (SSSR count). The van der Waals surface area contributed by atoms with Gasteiger partial charge in [-0.3, -0.25) is 14.5 Å². The van der Waals surface area contributed by atoms with E-state index in [0.29, 0.717) is 6.54 Å². The first-order chi connectivity index (χ1) is 15.5. The standard InChI is InChI=1S/C23H25NO9/c1-24-6-15(24)22(32)4-9-2-14(28)18-19(23(9,33)16(29)5-22)11(7-25)10-3-13(27)12(8-26)20(30)17(10)21(18)31/h3,9,15,25-27,30-33H,2,4-8H2,1H3. The van der Waals surface area contributed by atoms with E-state index in [1.807, 2.05) is 4.90 Å². The number of aliphatic hydroxyl groups is 4. The number of benzene rings is 2. The van der Waals surface area contributed by atoms with Crippen LogP contribution in [0.5, 0.6) is 17.2 Å². The predicted octanol–water partition coefficient (Wildman–Crippen LogP) is -0.261. The van der Waals surface area contributed by atoms with Gasteiger partial charge >= 0.3 is 0 Å². The van der Waals surface area contributed by atoms with Crippen LogP contribution in [-0.4, -0.2) is 77.4 Å². The molecule has 1 heterocycles. The zero-order valence-corrected chi connectivity index (χ0v) is 17.9. The van der Waals surface area contributed by atoms with Crippen molar-refractivity contribution in [2.75, 3.05) is 13.6 Å². The van der Waals surface area contributed by atoms with Crippen molar-refractivity contribution in [3.8, 4) is 17.2 Å². The summed E-state index contributed by atoms with van der Waals surface area (Å²) in [6, 6.07) is 0.822. The second-order valence-electron chi connectivity index (χ2n) is 9.49. The lowest BCUT2D eigenvalue weighted by Crippen LogP contribution is -2.59. The maximum Gasteiger partial charge on any atom is 0.172 e. The van der Waals surface area contributed by atoms with Gasteiger partial charge in [-0.2, -0.15) is 0 Å². The van der Waals surface area contributed by atoms with Crippen LogP contribution in [0.4, 0.5) is 0 Å². The molecule has 2 aliphatic carbocycles. The van der Waals surface area contributed by atoms with Gasteiger partial charge in [0, 0.05) is 30.9 Å². The summed E-state index contributed by atoms with van der Waals surface area (Å²) in [5.74, 6) is -4.25. The molecular formula is C23H25NO9. The van der Waals surface area contributed by atoms with Gasteiger partial charge in [-0.05, 0) is 30.5 Å². The molecule has 2 aromatic rings. The number of aromatic hydroxyl groups is 3. The van der Waals surface area contributed by atoms with Gasteiger partial charge in [-0.15, -0.1) is 0 Å². The van der Waals surface area contributed by atoms with E-state index >= 15 is 0 Å². The van der Waals surface area contributed by atoms with Crippen LogP contribution in [0.3, 0.4) is 0 Å². The maximum absolute atomic E-state index is 13.4. The number of likely N-dealkylation sites (N-methyl/N-ethyl adjacent to an activating group) is 1. The molecule has 0 spiro atoms. The maximum atomic E-state index is 13.4. The van der Waals surface area contributed by atoms with Crippen LogP contribution in [0.15, 0.2) is 6.07 Å². The van der Waals surface area contributed by atoms with E-state index in [2.05, 4.69) is 0 Å². The van der Waals surface area contributed by atoms with Crippen LogP contribution in [0.25, 0.3) is 10.8 Å². The average molecular weight is 459 g/mol. The molecule has 176 valence electrons. The van der Waals surface area contributed by atoms with Crippen molar-refractivity contribution in [1.82, 2.24) is 4.90 Å². The van der Waals surface area contributed by atoms with Crippen molar-refractivity contribution >= 4 is 22.3 Å². The smallest absolute Gasteiger partial charge is 0.172 e. The quantitative estimate of drug-likeness (QED) is 0.302. The summed E-state index contributed by atoms with van der Waals surface area (Å²) in [5.41, 5.74) is -4.70. The SMILES string of the molecule is CN1CC1C1(O)CC(=O)C2(O)c3c(c(O)c4c(O)c(CO)c(O)cc4c3CO)C(=O)CC2C1.